The Morgan fingerprint density at radius 2 is 1.73 bits per heavy atom. The van der Waals surface area contributed by atoms with Crippen LogP contribution < -0.4 is 11.4 Å². The average molecular weight is 421 g/mol. The maximum atomic E-state index is 12.4. The molecule has 0 aliphatic carbocycles. The van der Waals surface area contributed by atoms with Gasteiger partial charge in [-0.15, -0.1) is 0 Å². The quantitative estimate of drug-likeness (QED) is 0.309. The Morgan fingerprint density at radius 1 is 1.03 bits per heavy atom. The van der Waals surface area contributed by atoms with Gasteiger partial charge in [-0.3, -0.25) is 9.36 Å². The number of fused-ring (bicyclic) bond motifs is 1. The molecular formula is C21H19N5O3S. The number of benzene rings is 2. The number of thioether (sulfide) groups is 1. The van der Waals surface area contributed by atoms with Gasteiger partial charge in [0.25, 0.3) is 0 Å². The minimum atomic E-state index is -0.859. The molecule has 0 aliphatic heterocycles. The highest BCUT2D eigenvalue weighted by molar-refractivity contribution is 7.98. The predicted molar refractivity (Wildman–Crippen MR) is 115 cm³/mol. The van der Waals surface area contributed by atoms with E-state index in [1.165, 1.54) is 11.8 Å². The summed E-state index contributed by atoms with van der Waals surface area (Å²) in [6.45, 7) is 0.380. The fourth-order valence-electron chi connectivity index (χ4n) is 3.08. The number of imidazole rings is 1. The van der Waals surface area contributed by atoms with Gasteiger partial charge in [0.2, 0.25) is 0 Å². The molecular weight excluding hydrogens is 402 g/mol. The molecule has 0 saturated carbocycles. The number of nitrogen functional groups attached to an aromatic ring is 1. The van der Waals surface area contributed by atoms with E-state index in [4.69, 9.17) is 10.8 Å². The number of hydrogen-bond donors (Lipinski definition) is 3. The van der Waals surface area contributed by atoms with E-state index >= 15 is 0 Å². The molecule has 4 rings (SSSR count). The number of carbonyl (C=O) groups is 1. The molecule has 4 aromatic rings. The smallest absolute Gasteiger partial charge is 0.328 e. The number of hydrogen-bond acceptors (Lipinski definition) is 6. The number of aromatic amines is 1. The molecule has 0 bridgehead atoms. The van der Waals surface area contributed by atoms with Crippen LogP contribution in [-0.4, -0.2) is 30.6 Å². The molecule has 0 spiro atoms. The maximum absolute atomic E-state index is 12.4. The van der Waals surface area contributed by atoms with Crippen LogP contribution in [0.1, 0.15) is 16.7 Å². The van der Waals surface area contributed by atoms with Crippen LogP contribution in [0.5, 0.6) is 0 Å². The van der Waals surface area contributed by atoms with E-state index in [1.807, 2.05) is 42.5 Å². The number of H-pyrrole nitrogens is 1. The van der Waals surface area contributed by atoms with Gasteiger partial charge in [0.05, 0.1) is 13.0 Å². The second-order valence-electron chi connectivity index (χ2n) is 6.77. The number of aliphatic carboxylic acids is 1. The minimum absolute atomic E-state index is 0.00380. The maximum Gasteiger partial charge on any atom is 0.328 e. The lowest BCUT2D eigenvalue weighted by atomic mass is 10.1. The van der Waals surface area contributed by atoms with Gasteiger partial charge in [0.15, 0.2) is 16.6 Å². The summed E-state index contributed by atoms with van der Waals surface area (Å²) < 4.78 is 1.55. The zero-order valence-electron chi connectivity index (χ0n) is 15.9. The first-order chi connectivity index (χ1) is 14.5. The van der Waals surface area contributed by atoms with Crippen molar-refractivity contribution in [3.63, 3.8) is 0 Å². The van der Waals surface area contributed by atoms with E-state index in [9.17, 15) is 9.59 Å². The molecule has 0 radical (unpaired) electrons. The summed E-state index contributed by atoms with van der Waals surface area (Å²) >= 11 is 1.40. The SMILES string of the molecule is Nc1nc(SCc2ccc(CC(=O)O)cc2)nc2c1[nH]c(=O)n2Cc1ccccc1. The second kappa shape index (κ2) is 8.42. The average Bonchev–Trinajstić information content (AvgIpc) is 3.04. The Hall–Kier alpha value is -3.59. The number of carboxylic acids is 1. The van der Waals surface area contributed by atoms with Crippen LogP contribution >= 0.6 is 11.8 Å². The normalized spacial score (nSPS) is 11.1. The highest BCUT2D eigenvalue weighted by Gasteiger charge is 2.14. The number of rotatable bonds is 7. The number of anilines is 1. The largest absolute Gasteiger partial charge is 0.481 e. The molecule has 0 saturated heterocycles. The van der Waals surface area contributed by atoms with Crippen molar-refractivity contribution in [2.75, 3.05) is 5.73 Å². The molecule has 2 aromatic carbocycles. The van der Waals surface area contributed by atoms with Gasteiger partial charge in [-0.05, 0) is 16.7 Å². The van der Waals surface area contributed by atoms with Crippen LogP contribution in [0.2, 0.25) is 0 Å². The van der Waals surface area contributed by atoms with Crippen molar-refractivity contribution < 1.29 is 9.90 Å². The van der Waals surface area contributed by atoms with Crippen molar-refractivity contribution in [2.45, 2.75) is 23.9 Å². The predicted octanol–water partition coefficient (Wildman–Crippen LogP) is 2.67. The highest BCUT2D eigenvalue weighted by Crippen LogP contribution is 2.24. The summed E-state index contributed by atoms with van der Waals surface area (Å²) in [5.74, 6) is -0.0448. The van der Waals surface area contributed by atoms with E-state index in [2.05, 4.69) is 15.0 Å². The second-order valence-corrected chi connectivity index (χ2v) is 7.71. The first-order valence-corrected chi connectivity index (χ1v) is 10.2. The third-order valence-electron chi connectivity index (χ3n) is 4.56. The Morgan fingerprint density at radius 3 is 2.43 bits per heavy atom. The number of nitrogens with one attached hydrogen (secondary N) is 1. The first-order valence-electron chi connectivity index (χ1n) is 9.22. The molecule has 0 fully saturated rings. The summed E-state index contributed by atoms with van der Waals surface area (Å²) in [6, 6.07) is 17.0. The van der Waals surface area contributed by atoms with Gasteiger partial charge < -0.3 is 15.8 Å². The summed E-state index contributed by atoms with van der Waals surface area (Å²) in [5, 5.41) is 9.33. The van der Waals surface area contributed by atoms with Crippen LogP contribution in [0.3, 0.4) is 0 Å². The Bertz CT molecular complexity index is 1250. The molecule has 0 atom stereocenters. The molecule has 152 valence electrons. The fraction of sp³-hybridized carbons (Fsp3) is 0.143. The fourth-order valence-corrected chi connectivity index (χ4v) is 3.89. The van der Waals surface area contributed by atoms with E-state index in [-0.39, 0.29) is 17.9 Å². The number of nitrogens with zero attached hydrogens (tertiary/aromatic N) is 3. The van der Waals surface area contributed by atoms with Gasteiger partial charge in [-0.1, -0.05) is 66.4 Å². The topological polar surface area (TPSA) is 127 Å². The zero-order chi connectivity index (χ0) is 21.1. The molecule has 30 heavy (non-hydrogen) atoms. The summed E-state index contributed by atoms with van der Waals surface area (Å²) in [6.07, 6.45) is -0.00380. The van der Waals surface area contributed by atoms with Crippen molar-refractivity contribution in [3.05, 3.63) is 81.8 Å². The van der Waals surface area contributed by atoms with Crippen molar-refractivity contribution in [3.8, 4) is 0 Å². The molecule has 9 heteroatoms. The summed E-state index contributed by atoms with van der Waals surface area (Å²) in [4.78, 5) is 34.8. The van der Waals surface area contributed by atoms with Crippen LogP contribution in [0, 0.1) is 0 Å². The van der Waals surface area contributed by atoms with Crippen LogP contribution in [-0.2, 0) is 23.5 Å². The van der Waals surface area contributed by atoms with Gasteiger partial charge >= 0.3 is 11.7 Å². The van der Waals surface area contributed by atoms with Gasteiger partial charge in [0.1, 0.15) is 5.52 Å². The number of nitrogens with two attached hydrogens (primary N) is 1. The Balaban J connectivity index is 1.57. The van der Waals surface area contributed by atoms with Gasteiger partial charge in [0, 0.05) is 5.75 Å². The molecule has 4 N–H and O–H groups in total. The van der Waals surface area contributed by atoms with Crippen molar-refractivity contribution in [1.29, 1.82) is 0 Å². The zero-order valence-corrected chi connectivity index (χ0v) is 16.7. The summed E-state index contributed by atoms with van der Waals surface area (Å²) in [5.41, 5.74) is 9.41. The lowest BCUT2D eigenvalue weighted by Gasteiger charge is -2.06. The third kappa shape index (κ3) is 4.36. The van der Waals surface area contributed by atoms with Crippen LogP contribution in [0.15, 0.2) is 64.5 Å². The van der Waals surface area contributed by atoms with E-state index in [0.29, 0.717) is 28.6 Å². The highest BCUT2D eigenvalue weighted by atomic mass is 32.2. The standard InChI is InChI=1S/C21H19N5O3S/c22-18-17-19(26(21(29)23-17)11-14-4-2-1-3-5-14)25-20(24-18)30-12-15-8-6-13(7-9-15)10-16(27)28/h1-9H,10-12H2,(H,23,29)(H,27,28)(H2,22,24,25). The van der Waals surface area contributed by atoms with Gasteiger partial charge in [-0.25, -0.2) is 14.8 Å². The Labute approximate surface area is 175 Å². The molecule has 0 amide bonds. The third-order valence-corrected chi connectivity index (χ3v) is 5.48. The number of aromatic nitrogens is 4. The Kier molecular flexibility index (Phi) is 5.53. The van der Waals surface area contributed by atoms with E-state index in [1.54, 1.807) is 16.7 Å². The van der Waals surface area contributed by atoms with E-state index < -0.39 is 5.97 Å². The van der Waals surface area contributed by atoms with Crippen molar-refractivity contribution >= 4 is 34.7 Å². The monoisotopic (exact) mass is 421 g/mol. The van der Waals surface area contributed by atoms with Crippen LogP contribution in [0.25, 0.3) is 11.2 Å². The molecule has 2 heterocycles. The lowest BCUT2D eigenvalue weighted by molar-refractivity contribution is -0.136. The van der Waals surface area contributed by atoms with Crippen LogP contribution in [0.4, 0.5) is 5.82 Å². The van der Waals surface area contributed by atoms with Crippen molar-refractivity contribution in [2.24, 2.45) is 0 Å². The molecule has 0 aliphatic rings. The number of carboxylic acid groups (broad SMARTS) is 1. The molecule has 0 unspecified atom stereocenters. The molecule has 8 nitrogen and oxygen atoms in total. The lowest BCUT2D eigenvalue weighted by Crippen LogP contribution is -2.17. The summed E-state index contributed by atoms with van der Waals surface area (Å²) in [7, 11) is 0. The van der Waals surface area contributed by atoms with E-state index in [0.717, 1.165) is 16.7 Å². The van der Waals surface area contributed by atoms with Crippen molar-refractivity contribution in [1.82, 2.24) is 19.5 Å². The molecule has 2 aromatic heterocycles. The minimum Gasteiger partial charge on any atom is -0.481 e. The van der Waals surface area contributed by atoms with Gasteiger partial charge in [-0.2, -0.15) is 0 Å². The first kappa shape index (κ1) is 19.7.